The molecule has 0 fully saturated rings. The fraction of sp³-hybridized carbons (Fsp3) is 0.864. The molecule has 9 nitrogen and oxygen atoms in total. The molecule has 190 valence electrons. The second-order valence-corrected chi connectivity index (χ2v) is 9.62. The monoisotopic (exact) mass is 479 g/mol. The summed E-state index contributed by atoms with van der Waals surface area (Å²) in [5, 5.41) is 14.4. The molecule has 0 aliphatic carbocycles. The maximum Gasteiger partial charge on any atom is 0.407 e. The highest BCUT2D eigenvalue weighted by atomic mass is 32.2. The molecule has 0 aliphatic rings. The molecule has 0 bridgehead atoms. The van der Waals surface area contributed by atoms with E-state index in [-0.39, 0.29) is 24.0 Å². The van der Waals surface area contributed by atoms with Crippen LogP contribution in [0.5, 0.6) is 0 Å². The fourth-order valence-corrected chi connectivity index (χ4v) is 3.00. The van der Waals surface area contributed by atoms with Crippen molar-refractivity contribution >= 4 is 29.8 Å². The van der Waals surface area contributed by atoms with E-state index in [1.807, 2.05) is 34.0 Å². The summed E-state index contributed by atoms with van der Waals surface area (Å²) in [5.41, 5.74) is 4.66. The summed E-state index contributed by atoms with van der Waals surface area (Å²) in [5.74, 6) is -0.112. The van der Waals surface area contributed by atoms with E-state index >= 15 is 0 Å². The summed E-state index contributed by atoms with van der Waals surface area (Å²) in [6.07, 6.45) is 4.53. The summed E-state index contributed by atoms with van der Waals surface area (Å²) < 4.78 is 10.1. The third kappa shape index (κ3) is 17.1. The van der Waals surface area contributed by atoms with Gasteiger partial charge in [0, 0.05) is 12.6 Å². The average molecular weight is 480 g/mol. The first kappa shape index (κ1) is 32.7. The second-order valence-electron chi connectivity index (χ2n) is 8.64. The van der Waals surface area contributed by atoms with Crippen LogP contribution in [0.4, 0.5) is 4.79 Å². The zero-order valence-corrected chi connectivity index (χ0v) is 21.8. The van der Waals surface area contributed by atoms with Crippen LogP contribution < -0.4 is 16.4 Å². The van der Waals surface area contributed by atoms with Crippen LogP contribution in [0.1, 0.15) is 67.2 Å². The number of esters is 1. The summed E-state index contributed by atoms with van der Waals surface area (Å²) in [6.45, 7) is 12.1. The standard InChI is InChI=1S/C17H34N2O4.C5H11NO2S/c1-8-10-13(15(20)22-7)18-11-14(12(3)9-2)19-16(21)23-17(4,5)6;1-9-3-2-4(6)5(7)8/h12-14,18H,8-11H2,1-7H3,(H,19,21);4H,2-3,6H2,1H3,(H,7,8)/t12-,13-,14+;4-/m00/s1. The van der Waals surface area contributed by atoms with E-state index in [1.54, 1.807) is 11.8 Å². The van der Waals surface area contributed by atoms with Gasteiger partial charge in [0.1, 0.15) is 17.7 Å². The van der Waals surface area contributed by atoms with Gasteiger partial charge in [0.05, 0.1) is 7.11 Å². The molecule has 0 radical (unpaired) electrons. The van der Waals surface area contributed by atoms with Gasteiger partial charge in [-0.2, -0.15) is 11.8 Å². The van der Waals surface area contributed by atoms with Crippen LogP contribution in [0.25, 0.3) is 0 Å². The van der Waals surface area contributed by atoms with E-state index in [2.05, 4.69) is 24.5 Å². The zero-order chi connectivity index (χ0) is 25.3. The summed E-state index contributed by atoms with van der Waals surface area (Å²) in [4.78, 5) is 33.8. The van der Waals surface area contributed by atoms with Gasteiger partial charge in [-0.25, -0.2) is 4.79 Å². The molecule has 0 aliphatic heterocycles. The molecular formula is C22H45N3O6S. The number of amides is 1. The van der Waals surface area contributed by atoms with Crippen LogP contribution in [-0.2, 0) is 19.1 Å². The highest BCUT2D eigenvalue weighted by molar-refractivity contribution is 7.98. The molecule has 10 heteroatoms. The van der Waals surface area contributed by atoms with Crippen LogP contribution >= 0.6 is 11.8 Å². The molecule has 0 rings (SSSR count). The molecule has 0 unspecified atom stereocenters. The number of hydrogen-bond donors (Lipinski definition) is 4. The Kier molecular flexibility index (Phi) is 18.3. The van der Waals surface area contributed by atoms with Crippen molar-refractivity contribution < 1.29 is 29.0 Å². The number of carbonyl (C=O) groups excluding carboxylic acids is 2. The summed E-state index contributed by atoms with van der Waals surface area (Å²) in [7, 11) is 1.39. The maximum atomic E-state index is 12.0. The van der Waals surface area contributed by atoms with Crippen molar-refractivity contribution in [3.8, 4) is 0 Å². The number of nitrogens with two attached hydrogens (primary N) is 1. The molecule has 0 spiro atoms. The minimum absolute atomic E-state index is 0.112. The van der Waals surface area contributed by atoms with E-state index in [0.717, 1.165) is 18.6 Å². The maximum absolute atomic E-state index is 12.0. The largest absolute Gasteiger partial charge is 0.480 e. The Balaban J connectivity index is 0. The molecule has 32 heavy (non-hydrogen) atoms. The number of hydrogen-bond acceptors (Lipinski definition) is 8. The van der Waals surface area contributed by atoms with Crippen molar-refractivity contribution in [3.05, 3.63) is 0 Å². The lowest BCUT2D eigenvalue weighted by Crippen LogP contribution is -2.50. The second kappa shape index (κ2) is 18.0. The Morgan fingerprint density at radius 2 is 1.75 bits per heavy atom. The normalized spacial score (nSPS) is 14.8. The molecule has 0 heterocycles. The topological polar surface area (TPSA) is 140 Å². The van der Waals surface area contributed by atoms with E-state index in [0.29, 0.717) is 19.4 Å². The quantitative estimate of drug-likeness (QED) is 0.293. The van der Waals surface area contributed by atoms with Crippen LogP contribution in [0, 0.1) is 5.92 Å². The fourth-order valence-electron chi connectivity index (χ4n) is 2.51. The Bertz CT molecular complexity index is 542. The number of thioether (sulfide) groups is 1. The number of carboxylic acid groups (broad SMARTS) is 1. The highest BCUT2D eigenvalue weighted by Crippen LogP contribution is 2.11. The van der Waals surface area contributed by atoms with E-state index in [9.17, 15) is 14.4 Å². The molecule has 0 saturated carbocycles. The smallest absolute Gasteiger partial charge is 0.407 e. The Hall–Kier alpha value is -1.52. The average Bonchev–Trinajstić information content (AvgIpc) is 2.71. The number of carbonyl (C=O) groups is 3. The predicted molar refractivity (Wildman–Crippen MR) is 130 cm³/mol. The van der Waals surface area contributed by atoms with Crippen LogP contribution in [-0.4, -0.2) is 72.5 Å². The Labute approximate surface area is 197 Å². The Morgan fingerprint density at radius 3 is 2.16 bits per heavy atom. The summed E-state index contributed by atoms with van der Waals surface area (Å²) in [6, 6.07) is -1.15. The molecule has 0 aromatic rings. The van der Waals surface area contributed by atoms with Gasteiger partial charge >= 0.3 is 18.0 Å². The van der Waals surface area contributed by atoms with Crippen molar-refractivity contribution in [3.63, 3.8) is 0 Å². The number of ether oxygens (including phenoxy) is 2. The molecular weight excluding hydrogens is 434 g/mol. The number of alkyl carbamates (subject to hydrolysis) is 1. The van der Waals surface area contributed by atoms with Gasteiger partial charge in [0.15, 0.2) is 0 Å². The van der Waals surface area contributed by atoms with Crippen molar-refractivity contribution in [2.75, 3.05) is 25.7 Å². The van der Waals surface area contributed by atoms with Gasteiger partial charge in [-0.1, -0.05) is 33.6 Å². The van der Waals surface area contributed by atoms with E-state index < -0.39 is 23.7 Å². The third-order valence-electron chi connectivity index (χ3n) is 4.63. The zero-order valence-electron chi connectivity index (χ0n) is 21.0. The van der Waals surface area contributed by atoms with Crippen molar-refractivity contribution in [1.29, 1.82) is 0 Å². The Morgan fingerprint density at radius 1 is 1.16 bits per heavy atom. The van der Waals surface area contributed by atoms with Gasteiger partial charge in [-0.15, -0.1) is 0 Å². The lowest BCUT2D eigenvalue weighted by atomic mass is 9.98. The van der Waals surface area contributed by atoms with Gasteiger partial charge in [-0.05, 0) is 51.5 Å². The third-order valence-corrected chi connectivity index (χ3v) is 5.27. The van der Waals surface area contributed by atoms with E-state index in [4.69, 9.17) is 20.3 Å². The van der Waals surface area contributed by atoms with Crippen molar-refractivity contribution in [1.82, 2.24) is 10.6 Å². The van der Waals surface area contributed by atoms with Crippen molar-refractivity contribution in [2.45, 2.75) is 91.0 Å². The number of aliphatic carboxylic acids is 1. The minimum Gasteiger partial charge on any atom is -0.480 e. The van der Waals surface area contributed by atoms with Crippen LogP contribution in [0.15, 0.2) is 0 Å². The summed E-state index contributed by atoms with van der Waals surface area (Å²) >= 11 is 1.60. The minimum atomic E-state index is -0.913. The molecule has 5 N–H and O–H groups in total. The lowest BCUT2D eigenvalue weighted by molar-refractivity contribution is -0.143. The van der Waals surface area contributed by atoms with Crippen LogP contribution in [0.2, 0.25) is 0 Å². The van der Waals surface area contributed by atoms with Gasteiger partial charge in [0.25, 0.3) is 0 Å². The predicted octanol–water partition coefficient (Wildman–Crippen LogP) is 3.01. The van der Waals surface area contributed by atoms with Gasteiger partial charge in [-0.3, -0.25) is 9.59 Å². The molecule has 0 aromatic carbocycles. The first-order valence-corrected chi connectivity index (χ1v) is 12.5. The SMILES string of the molecule is CCC[C@H](NC[C@@H](NC(=O)OC(C)(C)C)[C@@H](C)CC)C(=O)OC.CSCC[C@H](N)C(=O)O. The highest BCUT2D eigenvalue weighted by Gasteiger charge is 2.25. The number of rotatable bonds is 13. The van der Waals surface area contributed by atoms with Gasteiger partial charge < -0.3 is 30.9 Å². The number of methoxy groups -OCH3 is 1. The van der Waals surface area contributed by atoms with Gasteiger partial charge in [0.2, 0.25) is 0 Å². The van der Waals surface area contributed by atoms with Crippen LogP contribution in [0.3, 0.4) is 0 Å². The first-order chi connectivity index (χ1) is 14.8. The number of nitrogens with one attached hydrogen (secondary N) is 2. The molecule has 0 saturated heterocycles. The lowest BCUT2D eigenvalue weighted by Gasteiger charge is -2.28. The van der Waals surface area contributed by atoms with Crippen molar-refractivity contribution in [2.24, 2.45) is 11.7 Å². The first-order valence-electron chi connectivity index (χ1n) is 11.1. The molecule has 0 aromatic heterocycles. The number of carboxylic acids is 1. The molecule has 1 amide bonds. The molecule has 4 atom stereocenters. The van der Waals surface area contributed by atoms with E-state index in [1.165, 1.54) is 7.11 Å².